The number of carboxylic acid groups (broad SMARTS) is 1. The number of rotatable bonds is 9. The molecule has 0 saturated heterocycles. The van der Waals surface area contributed by atoms with E-state index in [0.717, 1.165) is 12.8 Å². The smallest absolute Gasteiger partial charge is 0.317 e. The summed E-state index contributed by atoms with van der Waals surface area (Å²) in [5, 5.41) is 8.76. The highest BCUT2D eigenvalue weighted by atomic mass is 16.4. The molecule has 0 saturated carbocycles. The highest BCUT2D eigenvalue weighted by Gasteiger charge is 2.15. The molecule has 0 aromatic carbocycles. The number of hydrogen-bond acceptors (Lipinski definition) is 2. The molecule has 3 nitrogen and oxygen atoms in total. The molecule has 0 aromatic rings. The van der Waals surface area contributed by atoms with Gasteiger partial charge in [-0.3, -0.25) is 9.69 Å². The average Bonchev–Trinajstić information content (AvgIpc) is 2.23. The van der Waals surface area contributed by atoms with Crippen molar-refractivity contribution in [2.45, 2.75) is 52.0 Å². The minimum atomic E-state index is -0.810. The lowest BCUT2D eigenvalue weighted by molar-refractivity contribution is -0.138. The third-order valence-electron chi connectivity index (χ3n) is 2.73. The van der Waals surface area contributed by atoms with E-state index in [4.69, 9.17) is 11.5 Å². The topological polar surface area (TPSA) is 40.5 Å². The van der Waals surface area contributed by atoms with Gasteiger partial charge in [0.2, 0.25) is 0 Å². The molecule has 3 heteroatoms. The van der Waals surface area contributed by atoms with Gasteiger partial charge in [0.1, 0.15) is 0 Å². The summed E-state index contributed by atoms with van der Waals surface area (Å²) in [5.74, 6) is 1.71. The number of carboxylic acids is 1. The van der Waals surface area contributed by atoms with Crippen molar-refractivity contribution in [2.75, 3.05) is 13.1 Å². The lowest BCUT2D eigenvalue weighted by Crippen LogP contribution is -2.37. The fourth-order valence-corrected chi connectivity index (χ4v) is 1.71. The number of terminal acetylenes is 1. The monoisotopic (exact) mass is 225 g/mol. The molecular weight excluding hydrogens is 202 g/mol. The summed E-state index contributed by atoms with van der Waals surface area (Å²) in [5.41, 5.74) is 0. The van der Waals surface area contributed by atoms with Gasteiger partial charge in [0, 0.05) is 6.04 Å². The van der Waals surface area contributed by atoms with Gasteiger partial charge < -0.3 is 5.11 Å². The minimum Gasteiger partial charge on any atom is -0.480 e. The van der Waals surface area contributed by atoms with Crippen LogP contribution < -0.4 is 0 Å². The summed E-state index contributed by atoms with van der Waals surface area (Å²) >= 11 is 0. The van der Waals surface area contributed by atoms with E-state index in [1.165, 1.54) is 19.3 Å². The summed E-state index contributed by atoms with van der Waals surface area (Å²) in [7, 11) is 0. The molecule has 0 heterocycles. The number of unbranched alkanes of at least 4 members (excludes halogenated alkanes) is 3. The molecule has 1 N–H and O–H groups in total. The zero-order valence-electron chi connectivity index (χ0n) is 10.4. The van der Waals surface area contributed by atoms with Crippen LogP contribution in [-0.2, 0) is 4.79 Å². The average molecular weight is 225 g/mol. The van der Waals surface area contributed by atoms with Crippen LogP contribution in [0.15, 0.2) is 0 Å². The van der Waals surface area contributed by atoms with E-state index in [-0.39, 0.29) is 12.6 Å². The minimum absolute atomic E-state index is 0.0408. The Bertz CT molecular complexity index is 233. The van der Waals surface area contributed by atoms with E-state index in [1.54, 1.807) is 0 Å². The van der Waals surface area contributed by atoms with Gasteiger partial charge in [-0.15, -0.1) is 6.42 Å². The van der Waals surface area contributed by atoms with Gasteiger partial charge >= 0.3 is 5.97 Å². The van der Waals surface area contributed by atoms with Crippen LogP contribution in [0.5, 0.6) is 0 Å². The highest BCUT2D eigenvalue weighted by molar-refractivity contribution is 5.69. The molecule has 0 rings (SSSR count). The molecular formula is C13H23NO2. The molecule has 0 aliphatic heterocycles. The van der Waals surface area contributed by atoms with Crippen molar-refractivity contribution in [3.63, 3.8) is 0 Å². The number of nitrogens with zero attached hydrogens (tertiary/aromatic N) is 1. The maximum absolute atomic E-state index is 10.7. The van der Waals surface area contributed by atoms with Crippen molar-refractivity contribution in [1.82, 2.24) is 4.90 Å². The van der Waals surface area contributed by atoms with Gasteiger partial charge in [0.15, 0.2) is 0 Å². The molecule has 0 bridgehead atoms. The van der Waals surface area contributed by atoms with Crippen molar-refractivity contribution >= 4 is 5.97 Å². The fourth-order valence-electron chi connectivity index (χ4n) is 1.71. The van der Waals surface area contributed by atoms with Crippen LogP contribution in [-0.4, -0.2) is 35.1 Å². The molecule has 0 spiro atoms. The Morgan fingerprint density at radius 3 is 2.62 bits per heavy atom. The van der Waals surface area contributed by atoms with Crippen LogP contribution in [0.1, 0.15) is 46.0 Å². The van der Waals surface area contributed by atoms with Crippen LogP contribution >= 0.6 is 0 Å². The van der Waals surface area contributed by atoms with E-state index >= 15 is 0 Å². The van der Waals surface area contributed by atoms with Crippen LogP contribution in [0.25, 0.3) is 0 Å². The van der Waals surface area contributed by atoms with Crippen molar-refractivity contribution in [1.29, 1.82) is 0 Å². The van der Waals surface area contributed by atoms with Crippen LogP contribution in [0.3, 0.4) is 0 Å². The van der Waals surface area contributed by atoms with E-state index in [9.17, 15) is 4.79 Å². The number of carbonyl (C=O) groups is 1. The molecule has 0 radical (unpaired) electrons. The van der Waals surface area contributed by atoms with Crippen molar-refractivity contribution in [2.24, 2.45) is 0 Å². The second-order valence-electron chi connectivity index (χ2n) is 4.20. The van der Waals surface area contributed by atoms with E-state index in [0.29, 0.717) is 6.54 Å². The lowest BCUT2D eigenvalue weighted by atomic mass is 10.1. The molecule has 1 unspecified atom stereocenters. The fraction of sp³-hybridized carbons (Fsp3) is 0.769. The molecule has 0 fully saturated rings. The molecule has 16 heavy (non-hydrogen) atoms. The van der Waals surface area contributed by atoms with Crippen LogP contribution in [0.4, 0.5) is 0 Å². The van der Waals surface area contributed by atoms with Gasteiger partial charge in [-0.1, -0.05) is 38.5 Å². The Hall–Kier alpha value is -1.01. The Kier molecular flexibility index (Phi) is 8.65. The van der Waals surface area contributed by atoms with Crippen molar-refractivity contribution < 1.29 is 9.90 Å². The predicted octanol–water partition coefficient (Wildman–Crippen LogP) is 2.37. The first-order valence-corrected chi connectivity index (χ1v) is 6.01. The number of aliphatic carboxylic acids is 1. The SMILES string of the molecule is C#CCN(CC(=O)O)C(C)CCCCCC. The second kappa shape index (κ2) is 9.23. The maximum atomic E-state index is 10.7. The third-order valence-corrected chi connectivity index (χ3v) is 2.73. The Labute approximate surface area is 98.8 Å². The van der Waals surface area contributed by atoms with Gasteiger partial charge in [-0.25, -0.2) is 0 Å². The first-order valence-electron chi connectivity index (χ1n) is 6.01. The van der Waals surface area contributed by atoms with Gasteiger partial charge in [0.05, 0.1) is 13.1 Å². The second-order valence-corrected chi connectivity index (χ2v) is 4.20. The molecule has 0 aliphatic carbocycles. The van der Waals surface area contributed by atoms with E-state index < -0.39 is 5.97 Å². The van der Waals surface area contributed by atoms with Crippen LogP contribution in [0, 0.1) is 12.3 Å². The molecule has 0 aliphatic rings. The predicted molar refractivity (Wildman–Crippen MR) is 66.3 cm³/mol. The van der Waals surface area contributed by atoms with Gasteiger partial charge in [-0.2, -0.15) is 0 Å². The van der Waals surface area contributed by atoms with E-state index in [1.807, 2.05) is 11.8 Å². The summed E-state index contributed by atoms with van der Waals surface area (Å²) in [6, 6.07) is 0.254. The third kappa shape index (κ3) is 7.30. The first-order chi connectivity index (χ1) is 7.61. The quantitative estimate of drug-likeness (QED) is 0.484. The standard InChI is InChI=1S/C13H23NO2/c1-4-6-7-8-9-12(3)14(10-5-2)11-13(15)16/h2,12H,4,6-11H2,1,3H3,(H,15,16). The number of hydrogen-bond donors (Lipinski definition) is 1. The normalized spacial score (nSPS) is 12.4. The molecule has 0 aromatic heterocycles. The molecule has 1 atom stereocenters. The van der Waals surface area contributed by atoms with Crippen molar-refractivity contribution in [3.05, 3.63) is 0 Å². The Morgan fingerprint density at radius 2 is 2.12 bits per heavy atom. The maximum Gasteiger partial charge on any atom is 0.317 e. The first kappa shape index (κ1) is 15.0. The zero-order chi connectivity index (χ0) is 12.4. The van der Waals surface area contributed by atoms with E-state index in [2.05, 4.69) is 12.8 Å². The largest absolute Gasteiger partial charge is 0.480 e. The summed E-state index contributed by atoms with van der Waals surface area (Å²) in [4.78, 5) is 12.5. The van der Waals surface area contributed by atoms with Crippen LogP contribution in [0.2, 0.25) is 0 Å². The Morgan fingerprint density at radius 1 is 1.44 bits per heavy atom. The summed E-state index contributed by atoms with van der Waals surface area (Å²) in [6.45, 7) is 4.69. The summed E-state index contributed by atoms with van der Waals surface area (Å²) in [6.07, 6.45) is 11.1. The Balaban J connectivity index is 3.92. The van der Waals surface area contributed by atoms with Crippen molar-refractivity contribution in [3.8, 4) is 12.3 Å². The van der Waals surface area contributed by atoms with Gasteiger partial charge in [-0.05, 0) is 13.3 Å². The lowest BCUT2D eigenvalue weighted by Gasteiger charge is -2.25. The zero-order valence-corrected chi connectivity index (χ0v) is 10.4. The molecule has 92 valence electrons. The van der Waals surface area contributed by atoms with Gasteiger partial charge in [0.25, 0.3) is 0 Å². The summed E-state index contributed by atoms with van der Waals surface area (Å²) < 4.78 is 0. The highest BCUT2D eigenvalue weighted by Crippen LogP contribution is 2.10. The molecule has 0 amide bonds.